The van der Waals surface area contributed by atoms with E-state index in [1.165, 1.54) is 5.56 Å². The number of para-hydroxylation sites is 1. The molecule has 0 radical (unpaired) electrons. The maximum absolute atomic E-state index is 6.96. The van der Waals surface area contributed by atoms with Gasteiger partial charge in [-0.1, -0.05) is 170 Å². The number of hydrogen-bond donors (Lipinski definition) is 0. The van der Waals surface area contributed by atoms with Crippen molar-refractivity contribution in [1.82, 2.24) is 15.0 Å². The number of furan rings is 1. The molecule has 2 aromatic heterocycles. The van der Waals surface area contributed by atoms with Gasteiger partial charge in [0.2, 0.25) is 0 Å². The molecular formula is C55H36N4O. The highest BCUT2D eigenvalue weighted by Crippen LogP contribution is 2.46. The molecule has 5 heteroatoms. The summed E-state index contributed by atoms with van der Waals surface area (Å²) in [7, 11) is 0. The van der Waals surface area contributed by atoms with Crippen LogP contribution in [0.15, 0.2) is 223 Å². The SMILES string of the molecule is c1ccc(-c2ccc(N(c3ccccc3)c3cc4ccccc4c4oc5cc(-c6nc(-c7ccccc7)nc(-c7cccc(-c8ccccc8)c7)n6)ccc5c34)cc2)cc1. The molecule has 0 spiro atoms. The van der Waals surface area contributed by atoms with E-state index >= 15 is 0 Å². The number of fused-ring (bicyclic) bond motifs is 5. The lowest BCUT2D eigenvalue weighted by Crippen LogP contribution is -2.10. The molecule has 2 heterocycles. The molecule has 0 aliphatic carbocycles. The van der Waals surface area contributed by atoms with Gasteiger partial charge in [-0.2, -0.15) is 0 Å². The fourth-order valence-electron chi connectivity index (χ4n) is 8.16. The molecule has 282 valence electrons. The Balaban J connectivity index is 1.09. The van der Waals surface area contributed by atoms with Crippen molar-refractivity contribution < 1.29 is 4.42 Å². The molecule has 0 saturated heterocycles. The number of hydrogen-bond acceptors (Lipinski definition) is 5. The van der Waals surface area contributed by atoms with E-state index in [9.17, 15) is 0 Å². The van der Waals surface area contributed by atoms with Crippen LogP contribution in [-0.2, 0) is 0 Å². The van der Waals surface area contributed by atoms with Gasteiger partial charge in [-0.25, -0.2) is 15.0 Å². The fourth-order valence-corrected chi connectivity index (χ4v) is 8.16. The molecule has 11 aromatic rings. The summed E-state index contributed by atoms with van der Waals surface area (Å²) < 4.78 is 6.96. The molecule has 5 nitrogen and oxygen atoms in total. The predicted octanol–water partition coefficient (Wildman–Crippen LogP) is 14.7. The Kier molecular flexibility index (Phi) is 8.75. The van der Waals surface area contributed by atoms with Crippen molar-refractivity contribution in [1.29, 1.82) is 0 Å². The van der Waals surface area contributed by atoms with Gasteiger partial charge in [0.1, 0.15) is 11.2 Å². The normalized spacial score (nSPS) is 11.3. The Hall–Kier alpha value is -8.15. The summed E-state index contributed by atoms with van der Waals surface area (Å²) in [5, 5.41) is 4.18. The van der Waals surface area contributed by atoms with Crippen LogP contribution in [0.2, 0.25) is 0 Å². The van der Waals surface area contributed by atoms with Crippen LogP contribution in [0.3, 0.4) is 0 Å². The minimum atomic E-state index is 0.570. The van der Waals surface area contributed by atoms with Crippen molar-refractivity contribution in [3.8, 4) is 56.4 Å². The Labute approximate surface area is 347 Å². The highest BCUT2D eigenvalue weighted by Gasteiger charge is 2.23. The maximum Gasteiger partial charge on any atom is 0.164 e. The molecule has 0 atom stereocenters. The van der Waals surface area contributed by atoms with Gasteiger partial charge in [-0.15, -0.1) is 0 Å². The summed E-state index contributed by atoms with van der Waals surface area (Å²) in [5.74, 6) is 1.78. The molecule has 11 rings (SSSR count). The van der Waals surface area contributed by atoms with Crippen molar-refractivity contribution >= 4 is 49.8 Å². The fraction of sp³-hybridized carbons (Fsp3) is 0. The number of aromatic nitrogens is 3. The van der Waals surface area contributed by atoms with Gasteiger partial charge < -0.3 is 9.32 Å². The molecule has 0 bridgehead atoms. The molecule has 0 aliphatic rings. The molecule has 0 amide bonds. The lowest BCUT2D eigenvalue weighted by molar-refractivity contribution is 0.673. The second kappa shape index (κ2) is 15.0. The maximum atomic E-state index is 6.96. The van der Waals surface area contributed by atoms with Crippen LogP contribution in [0.25, 0.3) is 89.1 Å². The summed E-state index contributed by atoms with van der Waals surface area (Å²) >= 11 is 0. The molecule has 0 unspecified atom stereocenters. The van der Waals surface area contributed by atoms with E-state index in [4.69, 9.17) is 19.4 Å². The average Bonchev–Trinajstić information content (AvgIpc) is 3.73. The zero-order valence-electron chi connectivity index (χ0n) is 32.5. The third kappa shape index (κ3) is 6.45. The zero-order valence-corrected chi connectivity index (χ0v) is 32.5. The highest BCUT2D eigenvalue weighted by molar-refractivity contribution is 6.22. The van der Waals surface area contributed by atoms with Gasteiger partial charge in [0.15, 0.2) is 17.5 Å². The monoisotopic (exact) mass is 768 g/mol. The molecular weight excluding hydrogens is 733 g/mol. The molecule has 0 saturated carbocycles. The largest absolute Gasteiger partial charge is 0.455 e. The van der Waals surface area contributed by atoms with Crippen molar-refractivity contribution in [3.05, 3.63) is 218 Å². The van der Waals surface area contributed by atoms with Crippen LogP contribution in [-0.4, -0.2) is 15.0 Å². The third-order valence-corrected chi connectivity index (χ3v) is 11.1. The second-order valence-electron chi connectivity index (χ2n) is 14.8. The van der Waals surface area contributed by atoms with Gasteiger partial charge in [0.05, 0.1) is 11.1 Å². The molecule has 0 N–H and O–H groups in total. The summed E-state index contributed by atoms with van der Waals surface area (Å²) in [6, 6.07) is 75.7. The van der Waals surface area contributed by atoms with E-state index < -0.39 is 0 Å². The Morgan fingerprint density at radius 3 is 1.50 bits per heavy atom. The number of nitrogens with zero attached hydrogens (tertiary/aromatic N) is 4. The van der Waals surface area contributed by atoms with Gasteiger partial charge in [-0.3, -0.25) is 0 Å². The Morgan fingerprint density at radius 2 is 0.817 bits per heavy atom. The van der Waals surface area contributed by atoms with Crippen LogP contribution in [0.1, 0.15) is 0 Å². The lowest BCUT2D eigenvalue weighted by atomic mass is 10.0. The predicted molar refractivity (Wildman–Crippen MR) is 246 cm³/mol. The average molecular weight is 769 g/mol. The van der Waals surface area contributed by atoms with Gasteiger partial charge >= 0.3 is 0 Å². The van der Waals surface area contributed by atoms with E-state index in [0.717, 1.165) is 83.2 Å². The summed E-state index contributed by atoms with van der Waals surface area (Å²) in [6.07, 6.45) is 0. The second-order valence-corrected chi connectivity index (χ2v) is 14.8. The summed E-state index contributed by atoms with van der Waals surface area (Å²) in [5.41, 5.74) is 12.0. The molecule has 60 heavy (non-hydrogen) atoms. The van der Waals surface area contributed by atoms with Gasteiger partial charge in [-0.05, 0) is 76.2 Å². The van der Waals surface area contributed by atoms with Crippen LogP contribution in [0.4, 0.5) is 17.1 Å². The van der Waals surface area contributed by atoms with Crippen LogP contribution < -0.4 is 4.90 Å². The van der Waals surface area contributed by atoms with E-state index in [1.807, 2.05) is 42.5 Å². The van der Waals surface area contributed by atoms with Crippen molar-refractivity contribution in [2.24, 2.45) is 0 Å². The number of rotatable bonds is 8. The first kappa shape index (κ1) is 35.0. The molecule has 0 aliphatic heterocycles. The lowest BCUT2D eigenvalue weighted by Gasteiger charge is -2.27. The van der Waals surface area contributed by atoms with E-state index in [0.29, 0.717) is 17.5 Å². The van der Waals surface area contributed by atoms with E-state index in [-0.39, 0.29) is 0 Å². The van der Waals surface area contributed by atoms with Gasteiger partial charge in [0.25, 0.3) is 0 Å². The Bertz CT molecular complexity index is 3290. The number of anilines is 3. The first-order valence-electron chi connectivity index (χ1n) is 20.1. The van der Waals surface area contributed by atoms with Crippen molar-refractivity contribution in [2.75, 3.05) is 4.90 Å². The standard InChI is InChI=1S/C55H36N4O/c1-5-16-37(17-6-1)39-28-31-46(32-29-39)59(45-25-11-4-12-26-45)49-35-42-22-13-14-27-47(42)52-51(49)48-33-30-44(36-50(48)60-52)55-57-53(40-20-9-3-10-21-40)56-54(58-55)43-24-15-23-41(34-43)38-18-7-2-8-19-38/h1-36H. The van der Waals surface area contributed by atoms with Crippen molar-refractivity contribution in [2.45, 2.75) is 0 Å². The third-order valence-electron chi connectivity index (χ3n) is 11.1. The van der Waals surface area contributed by atoms with Gasteiger partial charge in [0, 0.05) is 38.8 Å². The van der Waals surface area contributed by atoms with Crippen LogP contribution >= 0.6 is 0 Å². The zero-order chi connectivity index (χ0) is 39.8. The molecule has 0 fully saturated rings. The smallest absolute Gasteiger partial charge is 0.164 e. The minimum absolute atomic E-state index is 0.570. The first-order valence-corrected chi connectivity index (χ1v) is 20.1. The quantitative estimate of drug-likeness (QED) is 0.154. The topological polar surface area (TPSA) is 55.1 Å². The van der Waals surface area contributed by atoms with E-state index in [1.54, 1.807) is 0 Å². The minimum Gasteiger partial charge on any atom is -0.455 e. The van der Waals surface area contributed by atoms with Crippen LogP contribution in [0.5, 0.6) is 0 Å². The first-order chi connectivity index (χ1) is 29.7. The summed E-state index contributed by atoms with van der Waals surface area (Å²) in [4.78, 5) is 17.6. The van der Waals surface area contributed by atoms with Crippen molar-refractivity contribution in [3.63, 3.8) is 0 Å². The highest BCUT2D eigenvalue weighted by atomic mass is 16.3. The van der Waals surface area contributed by atoms with E-state index in [2.05, 4.69) is 181 Å². The van der Waals surface area contributed by atoms with Crippen LogP contribution in [0, 0.1) is 0 Å². The molecule has 9 aromatic carbocycles. The Morgan fingerprint density at radius 1 is 0.333 bits per heavy atom. The summed E-state index contributed by atoms with van der Waals surface area (Å²) in [6.45, 7) is 0. The number of benzene rings is 9.